The molecule has 0 aliphatic heterocycles. The van der Waals surface area contributed by atoms with Crippen LogP contribution in [0.2, 0.25) is 5.02 Å². The monoisotopic (exact) mass is 384 g/mol. The number of aromatic amines is 1. The van der Waals surface area contributed by atoms with Gasteiger partial charge in [0.15, 0.2) is 5.82 Å². The van der Waals surface area contributed by atoms with Crippen LogP contribution in [0, 0.1) is 0 Å². The molecule has 1 aromatic heterocycles. The lowest BCUT2D eigenvalue weighted by Gasteiger charge is -2.07. The van der Waals surface area contributed by atoms with Gasteiger partial charge in [-0.2, -0.15) is 13.2 Å². The van der Waals surface area contributed by atoms with E-state index < -0.39 is 17.3 Å². The summed E-state index contributed by atoms with van der Waals surface area (Å²) in [6.45, 7) is 0. The van der Waals surface area contributed by atoms with Gasteiger partial charge in [-0.05, 0) is 42.0 Å². The van der Waals surface area contributed by atoms with Crippen molar-refractivity contribution in [1.29, 1.82) is 0 Å². The average molecular weight is 385 g/mol. The fourth-order valence-corrected chi connectivity index (χ4v) is 2.63. The van der Waals surface area contributed by atoms with Crippen molar-refractivity contribution in [2.24, 2.45) is 0 Å². The Kier molecular flexibility index (Phi) is 4.58. The normalized spacial score (nSPS) is 12.6. The quantitative estimate of drug-likeness (QED) is 0.648. The molecule has 0 aliphatic rings. The maximum Gasteiger partial charge on any atom is 0.416 e. The first-order valence-corrected chi connectivity index (χ1v) is 7.74. The van der Waals surface area contributed by atoms with E-state index in [0.717, 1.165) is 12.1 Å². The molecule has 0 bridgehead atoms. The van der Waals surface area contributed by atoms with E-state index in [9.17, 15) is 18.0 Å². The number of nitrogens with zero attached hydrogens (tertiary/aromatic N) is 1. The van der Waals surface area contributed by atoms with Crippen molar-refractivity contribution in [1.82, 2.24) is 9.97 Å². The lowest BCUT2D eigenvalue weighted by atomic mass is 10.1. The van der Waals surface area contributed by atoms with Crippen molar-refractivity contribution in [2.75, 3.05) is 0 Å². The molecule has 1 heterocycles. The number of hydrogen-bond donors (Lipinski definition) is 1. The lowest BCUT2D eigenvalue weighted by molar-refractivity contribution is -0.137. The fraction of sp³-hybridized carbons (Fsp3) is 0.0588. The van der Waals surface area contributed by atoms with Crippen molar-refractivity contribution in [3.63, 3.8) is 0 Å². The third kappa shape index (κ3) is 3.86. The summed E-state index contributed by atoms with van der Waals surface area (Å²) in [5, 5.41) is 0.726. The molecule has 0 amide bonds. The minimum atomic E-state index is -4.46. The van der Waals surface area contributed by atoms with E-state index in [2.05, 4.69) is 9.97 Å². The van der Waals surface area contributed by atoms with E-state index in [-0.39, 0.29) is 16.4 Å². The Labute approximate surface area is 149 Å². The molecule has 3 nitrogen and oxygen atoms in total. The second kappa shape index (κ2) is 6.54. The van der Waals surface area contributed by atoms with Crippen LogP contribution in [-0.2, 0) is 6.18 Å². The fourth-order valence-electron chi connectivity index (χ4n) is 2.25. The molecule has 1 N–H and O–H groups in total. The summed E-state index contributed by atoms with van der Waals surface area (Å²) in [4.78, 5) is 18.8. The summed E-state index contributed by atoms with van der Waals surface area (Å²) in [7, 11) is 0. The van der Waals surface area contributed by atoms with Crippen LogP contribution in [0.3, 0.4) is 0 Å². The van der Waals surface area contributed by atoms with E-state index in [1.54, 1.807) is 6.07 Å². The van der Waals surface area contributed by atoms with Crippen molar-refractivity contribution < 1.29 is 13.2 Å². The van der Waals surface area contributed by atoms with Gasteiger partial charge in [0.1, 0.15) is 0 Å². The number of hydrogen-bond acceptors (Lipinski definition) is 2. The highest BCUT2D eigenvalue weighted by molar-refractivity contribution is 6.50. The summed E-state index contributed by atoms with van der Waals surface area (Å²) in [6.07, 6.45) is -3.16. The zero-order valence-electron chi connectivity index (χ0n) is 12.4. The number of rotatable bonds is 2. The van der Waals surface area contributed by atoms with E-state index in [0.29, 0.717) is 15.9 Å². The first-order valence-electron chi connectivity index (χ1n) is 6.98. The van der Waals surface area contributed by atoms with Crippen LogP contribution < -0.4 is 5.56 Å². The van der Waals surface area contributed by atoms with Crippen LogP contribution in [0.4, 0.5) is 13.2 Å². The molecule has 8 heteroatoms. The highest BCUT2D eigenvalue weighted by atomic mass is 35.5. The standard InChI is InChI=1S/C17H9Cl2F3N2O/c18-11-4-5-12-14(8-11)23-15(24-16(12)25)13(19)7-9-2-1-3-10(6-9)17(20,21)22/h1-8H,(H,23,24,25)/b13-7+. The van der Waals surface area contributed by atoms with Crippen molar-refractivity contribution in [2.45, 2.75) is 6.18 Å². The zero-order chi connectivity index (χ0) is 18.2. The molecular formula is C17H9Cl2F3N2O. The van der Waals surface area contributed by atoms with Crippen LogP contribution >= 0.6 is 23.2 Å². The van der Waals surface area contributed by atoms with Crippen LogP contribution in [-0.4, -0.2) is 9.97 Å². The van der Waals surface area contributed by atoms with Gasteiger partial charge < -0.3 is 4.98 Å². The lowest BCUT2D eigenvalue weighted by Crippen LogP contribution is -2.10. The van der Waals surface area contributed by atoms with Gasteiger partial charge >= 0.3 is 6.18 Å². The van der Waals surface area contributed by atoms with Gasteiger partial charge in [-0.25, -0.2) is 4.98 Å². The Morgan fingerprint density at radius 2 is 1.92 bits per heavy atom. The third-order valence-corrected chi connectivity index (χ3v) is 3.93. The maximum atomic E-state index is 12.8. The summed E-state index contributed by atoms with van der Waals surface area (Å²) < 4.78 is 38.3. The van der Waals surface area contributed by atoms with Crippen LogP contribution in [0.5, 0.6) is 0 Å². The Bertz CT molecular complexity index is 1040. The Balaban J connectivity index is 2.06. The predicted octanol–water partition coefficient (Wildman–Crippen LogP) is 5.33. The van der Waals surface area contributed by atoms with E-state index >= 15 is 0 Å². The molecule has 0 fully saturated rings. The zero-order valence-corrected chi connectivity index (χ0v) is 13.9. The number of nitrogens with one attached hydrogen (secondary N) is 1. The van der Waals surface area contributed by atoms with E-state index in [1.807, 2.05) is 0 Å². The SMILES string of the molecule is O=c1[nH]c(/C(Cl)=C\c2cccc(C(F)(F)F)c2)nc2cc(Cl)ccc12. The molecule has 0 radical (unpaired) electrons. The molecule has 0 unspecified atom stereocenters. The summed E-state index contributed by atoms with van der Waals surface area (Å²) in [6, 6.07) is 9.24. The molecule has 128 valence electrons. The predicted molar refractivity (Wildman–Crippen MR) is 92.5 cm³/mol. The van der Waals surface area contributed by atoms with E-state index in [4.69, 9.17) is 23.2 Å². The van der Waals surface area contributed by atoms with Gasteiger partial charge in [0, 0.05) is 5.02 Å². The first kappa shape index (κ1) is 17.5. The summed E-state index contributed by atoms with van der Waals surface area (Å²) >= 11 is 12.0. The number of benzene rings is 2. The minimum absolute atomic E-state index is 0.00157. The second-order valence-electron chi connectivity index (χ2n) is 5.19. The molecule has 25 heavy (non-hydrogen) atoms. The third-order valence-electron chi connectivity index (χ3n) is 3.40. The highest BCUT2D eigenvalue weighted by Crippen LogP contribution is 2.30. The van der Waals surface area contributed by atoms with Crippen LogP contribution in [0.25, 0.3) is 22.0 Å². The summed E-state index contributed by atoms with van der Waals surface area (Å²) in [5.41, 5.74) is -0.653. The summed E-state index contributed by atoms with van der Waals surface area (Å²) in [5.74, 6) is 0.0406. The van der Waals surface area contributed by atoms with E-state index in [1.165, 1.54) is 30.3 Å². The highest BCUT2D eigenvalue weighted by Gasteiger charge is 2.30. The molecular weight excluding hydrogens is 376 g/mol. The number of halogens is 5. The number of H-pyrrole nitrogens is 1. The molecule has 3 aromatic rings. The largest absolute Gasteiger partial charge is 0.416 e. The smallest absolute Gasteiger partial charge is 0.305 e. The minimum Gasteiger partial charge on any atom is -0.305 e. The van der Waals surface area contributed by atoms with Gasteiger partial charge in [-0.15, -0.1) is 0 Å². The van der Waals surface area contributed by atoms with Gasteiger partial charge in [-0.1, -0.05) is 35.3 Å². The number of fused-ring (bicyclic) bond motifs is 1. The van der Waals surface area contributed by atoms with Gasteiger partial charge in [0.2, 0.25) is 0 Å². The van der Waals surface area contributed by atoms with Gasteiger partial charge in [-0.3, -0.25) is 4.79 Å². The van der Waals surface area contributed by atoms with Gasteiger partial charge in [0.25, 0.3) is 5.56 Å². The molecule has 2 aromatic carbocycles. The molecule has 0 saturated carbocycles. The Hall–Kier alpha value is -2.31. The Morgan fingerprint density at radius 3 is 2.64 bits per heavy atom. The number of alkyl halides is 3. The topological polar surface area (TPSA) is 45.8 Å². The molecule has 0 saturated heterocycles. The number of aromatic nitrogens is 2. The van der Waals surface area contributed by atoms with Crippen molar-refractivity contribution in [3.05, 3.63) is 74.8 Å². The molecule has 0 atom stereocenters. The van der Waals surface area contributed by atoms with Crippen LogP contribution in [0.15, 0.2) is 47.3 Å². The van der Waals surface area contributed by atoms with Crippen molar-refractivity contribution >= 4 is 45.2 Å². The Morgan fingerprint density at radius 1 is 1.16 bits per heavy atom. The second-order valence-corrected chi connectivity index (χ2v) is 6.04. The first-order chi connectivity index (χ1) is 11.7. The maximum absolute atomic E-state index is 12.8. The van der Waals surface area contributed by atoms with Crippen LogP contribution in [0.1, 0.15) is 17.0 Å². The van der Waals surface area contributed by atoms with Crippen molar-refractivity contribution in [3.8, 4) is 0 Å². The molecule has 0 aliphatic carbocycles. The average Bonchev–Trinajstić information content (AvgIpc) is 2.53. The van der Waals surface area contributed by atoms with Gasteiger partial charge in [0.05, 0.1) is 21.5 Å². The molecule has 0 spiro atoms. The molecule has 3 rings (SSSR count).